The Morgan fingerprint density at radius 1 is 1.19 bits per heavy atom. The number of carbonyl (C=O) groups is 2. The Balaban J connectivity index is 1.38. The molecule has 2 heterocycles. The second-order valence-corrected chi connectivity index (χ2v) is 12.3. The van der Waals surface area contributed by atoms with Gasteiger partial charge in [-0.2, -0.15) is 5.26 Å². The minimum atomic E-state index is -0.597. The van der Waals surface area contributed by atoms with Crippen LogP contribution in [0.2, 0.25) is 10.0 Å². The summed E-state index contributed by atoms with van der Waals surface area (Å²) in [6.45, 7) is 0. The number of thioether (sulfide) groups is 1. The van der Waals surface area contributed by atoms with E-state index in [4.69, 9.17) is 38.4 Å². The van der Waals surface area contributed by atoms with Crippen molar-refractivity contribution in [3.05, 3.63) is 74.7 Å². The van der Waals surface area contributed by atoms with Crippen LogP contribution in [0.15, 0.2) is 63.4 Å². The van der Waals surface area contributed by atoms with Gasteiger partial charge in [-0.3, -0.25) is 14.5 Å². The molecule has 1 amide bonds. The number of hydrogen-bond acceptors (Lipinski definition) is 11. The molecule has 1 aliphatic heterocycles. The molecule has 1 aliphatic carbocycles. The molecule has 0 spiro atoms. The minimum absolute atomic E-state index is 0.0290. The van der Waals surface area contributed by atoms with Crippen LogP contribution in [-0.4, -0.2) is 41.9 Å². The molecule has 1 aromatic heterocycles. The molecule has 5 rings (SSSR count). The maximum atomic E-state index is 13.3. The lowest BCUT2D eigenvalue weighted by atomic mass is 9.76. The molecule has 3 N–H and O–H groups in total. The highest BCUT2D eigenvalue weighted by Crippen LogP contribution is 2.47. The number of halogens is 2. The number of nitriles is 1. The minimum Gasteiger partial charge on any atom is -0.495 e. The molecule has 216 valence electrons. The zero-order chi connectivity index (χ0) is 30.0. The summed E-state index contributed by atoms with van der Waals surface area (Å²) in [4.78, 5) is 27.7. The lowest BCUT2D eigenvalue weighted by molar-refractivity contribution is -0.116. The van der Waals surface area contributed by atoms with Crippen molar-refractivity contribution < 1.29 is 19.1 Å². The highest BCUT2D eigenvalue weighted by atomic mass is 35.5. The fourth-order valence-electron chi connectivity index (χ4n) is 4.92. The Labute approximate surface area is 260 Å². The second-order valence-electron chi connectivity index (χ2n) is 9.24. The molecule has 0 saturated heterocycles. The lowest BCUT2D eigenvalue weighted by Crippen LogP contribution is -2.38. The number of anilines is 2. The number of allylic oxidation sites excluding steroid dienone is 3. The summed E-state index contributed by atoms with van der Waals surface area (Å²) in [5, 5.41) is 22.8. The number of nitrogens with one attached hydrogen (secondary N) is 1. The number of nitrogens with zero attached hydrogens (tertiary/aromatic N) is 4. The van der Waals surface area contributed by atoms with Crippen LogP contribution >= 0.6 is 46.3 Å². The van der Waals surface area contributed by atoms with E-state index in [9.17, 15) is 14.9 Å². The van der Waals surface area contributed by atoms with Gasteiger partial charge in [-0.15, -0.1) is 10.2 Å². The van der Waals surface area contributed by atoms with E-state index < -0.39 is 5.92 Å². The Bertz CT molecular complexity index is 1670. The first-order valence-electron chi connectivity index (χ1n) is 12.6. The van der Waals surface area contributed by atoms with Crippen LogP contribution in [0.25, 0.3) is 0 Å². The van der Waals surface area contributed by atoms with Crippen molar-refractivity contribution in [1.82, 2.24) is 10.2 Å². The third-order valence-corrected chi connectivity index (χ3v) is 9.37. The monoisotopic (exact) mass is 642 g/mol. The van der Waals surface area contributed by atoms with E-state index >= 15 is 0 Å². The predicted molar refractivity (Wildman–Crippen MR) is 163 cm³/mol. The van der Waals surface area contributed by atoms with Crippen molar-refractivity contribution in [1.29, 1.82) is 5.26 Å². The SMILES string of the molecule is COc1cc(OC)c(NC(=O)CSc2nnc(N3C(N)=C(C#N)C(c4ccc(Cl)cc4)C4=C3CCCC4=O)s2)cc1Cl. The smallest absolute Gasteiger partial charge is 0.234 e. The van der Waals surface area contributed by atoms with Gasteiger partial charge in [-0.05, 0) is 36.6 Å². The maximum Gasteiger partial charge on any atom is 0.234 e. The molecule has 3 aromatic rings. The maximum absolute atomic E-state index is 13.3. The summed E-state index contributed by atoms with van der Waals surface area (Å²) < 4.78 is 11.0. The molecule has 1 unspecified atom stereocenters. The number of rotatable bonds is 8. The van der Waals surface area contributed by atoms with Gasteiger partial charge in [0.15, 0.2) is 10.1 Å². The molecular weight excluding hydrogens is 619 g/mol. The van der Waals surface area contributed by atoms with Crippen molar-refractivity contribution in [2.75, 3.05) is 30.2 Å². The largest absolute Gasteiger partial charge is 0.495 e. The average molecular weight is 644 g/mol. The summed E-state index contributed by atoms with van der Waals surface area (Å²) in [7, 11) is 2.97. The van der Waals surface area contributed by atoms with Crippen LogP contribution in [0.3, 0.4) is 0 Å². The first kappa shape index (κ1) is 29.7. The first-order chi connectivity index (χ1) is 20.2. The standard InChI is InChI=1S/C28H24Cl2N6O4S2/c1-39-21-11-22(40-2)18(10-17(21)30)33-23(38)13-41-28-35-34-27(42-28)36-19-4-3-5-20(37)25(19)24(16(12-31)26(36)32)14-6-8-15(29)9-7-14/h6-11,24H,3-5,13,32H2,1-2H3,(H,33,38). The second kappa shape index (κ2) is 12.6. The van der Waals surface area contributed by atoms with Crippen LogP contribution in [0.4, 0.5) is 10.8 Å². The Morgan fingerprint density at radius 2 is 1.93 bits per heavy atom. The summed E-state index contributed by atoms with van der Waals surface area (Å²) in [6, 6.07) is 12.4. The molecule has 0 fully saturated rings. The van der Waals surface area contributed by atoms with Crippen LogP contribution in [0.1, 0.15) is 30.7 Å². The van der Waals surface area contributed by atoms with Crippen LogP contribution in [0, 0.1) is 11.3 Å². The van der Waals surface area contributed by atoms with Crippen molar-refractivity contribution in [2.45, 2.75) is 29.5 Å². The molecule has 0 radical (unpaired) electrons. The van der Waals surface area contributed by atoms with E-state index in [0.717, 1.165) is 5.56 Å². The molecule has 2 aliphatic rings. The molecule has 0 bridgehead atoms. The number of ether oxygens (including phenoxy) is 2. The zero-order valence-electron chi connectivity index (χ0n) is 22.4. The number of Topliss-reactive ketones (excluding diaryl/α,β-unsaturated/α-hetero) is 1. The molecule has 1 atom stereocenters. The number of methoxy groups -OCH3 is 2. The number of hydrogen-bond donors (Lipinski definition) is 2. The predicted octanol–water partition coefficient (Wildman–Crippen LogP) is 5.90. The molecular formula is C28H24Cl2N6O4S2. The quantitative estimate of drug-likeness (QED) is 0.285. The van der Waals surface area contributed by atoms with Gasteiger partial charge in [0.2, 0.25) is 11.0 Å². The van der Waals surface area contributed by atoms with Crippen LogP contribution in [0.5, 0.6) is 11.5 Å². The zero-order valence-corrected chi connectivity index (χ0v) is 25.6. The van der Waals surface area contributed by atoms with Gasteiger partial charge in [0.1, 0.15) is 17.3 Å². The van der Waals surface area contributed by atoms with Gasteiger partial charge in [0.05, 0.1) is 48.2 Å². The van der Waals surface area contributed by atoms with Gasteiger partial charge in [0, 0.05) is 28.8 Å². The fourth-order valence-corrected chi connectivity index (χ4v) is 6.96. The highest BCUT2D eigenvalue weighted by Gasteiger charge is 2.41. The van der Waals surface area contributed by atoms with E-state index in [1.54, 1.807) is 41.3 Å². The normalized spacial score (nSPS) is 16.7. The number of benzene rings is 2. The molecule has 0 saturated carbocycles. The topological polar surface area (TPSA) is 143 Å². The summed E-state index contributed by atoms with van der Waals surface area (Å²) in [5.74, 6) is 0.101. The average Bonchev–Trinajstić information content (AvgIpc) is 3.45. The first-order valence-corrected chi connectivity index (χ1v) is 15.2. The van der Waals surface area contributed by atoms with Gasteiger partial charge < -0.3 is 20.5 Å². The van der Waals surface area contributed by atoms with Crippen molar-refractivity contribution in [2.24, 2.45) is 5.73 Å². The Morgan fingerprint density at radius 3 is 2.62 bits per heavy atom. The third-order valence-electron chi connectivity index (χ3n) is 6.78. The summed E-state index contributed by atoms with van der Waals surface area (Å²) in [6.07, 6.45) is 1.61. The number of carbonyl (C=O) groups excluding carboxylic acids is 2. The molecule has 42 heavy (non-hydrogen) atoms. The fraction of sp³-hybridized carbons (Fsp3) is 0.250. The lowest BCUT2D eigenvalue weighted by Gasteiger charge is -2.38. The van der Waals surface area contributed by atoms with Gasteiger partial charge in [-0.25, -0.2) is 0 Å². The Kier molecular flexibility index (Phi) is 8.93. The van der Waals surface area contributed by atoms with Crippen molar-refractivity contribution in [3.8, 4) is 17.6 Å². The van der Waals surface area contributed by atoms with Gasteiger partial charge in [0.25, 0.3) is 0 Å². The van der Waals surface area contributed by atoms with E-state index in [2.05, 4.69) is 21.6 Å². The summed E-state index contributed by atoms with van der Waals surface area (Å²) in [5.41, 5.74) is 9.25. The van der Waals surface area contributed by atoms with Gasteiger partial charge >= 0.3 is 0 Å². The third kappa shape index (κ3) is 5.78. The van der Waals surface area contributed by atoms with Crippen molar-refractivity contribution >= 4 is 68.8 Å². The van der Waals surface area contributed by atoms with Crippen LogP contribution < -0.4 is 25.4 Å². The molecule has 14 heteroatoms. The number of ketones is 1. The molecule has 10 nitrogen and oxygen atoms in total. The number of amides is 1. The van der Waals surface area contributed by atoms with Gasteiger partial charge in [-0.1, -0.05) is 58.4 Å². The van der Waals surface area contributed by atoms with E-state index in [0.29, 0.717) is 67.2 Å². The van der Waals surface area contributed by atoms with Crippen molar-refractivity contribution in [3.63, 3.8) is 0 Å². The number of nitrogens with two attached hydrogens (primary N) is 1. The Hall–Kier alpha value is -3.76. The van der Waals surface area contributed by atoms with Crippen LogP contribution in [-0.2, 0) is 9.59 Å². The molecule has 2 aromatic carbocycles. The number of aromatic nitrogens is 2. The van der Waals surface area contributed by atoms with E-state index in [-0.39, 0.29) is 28.8 Å². The highest BCUT2D eigenvalue weighted by molar-refractivity contribution is 8.01. The van der Waals surface area contributed by atoms with E-state index in [1.165, 1.54) is 37.3 Å². The van der Waals surface area contributed by atoms with E-state index in [1.807, 2.05) is 0 Å². The summed E-state index contributed by atoms with van der Waals surface area (Å²) >= 11 is 14.7.